The predicted molar refractivity (Wildman–Crippen MR) is 110 cm³/mol. The van der Waals surface area contributed by atoms with E-state index in [1.54, 1.807) is 0 Å². The summed E-state index contributed by atoms with van der Waals surface area (Å²) in [6, 6.07) is 11.8. The molecule has 0 spiro atoms. The number of thiophene rings is 1. The number of fused-ring (bicyclic) bond motifs is 1. The fourth-order valence-corrected chi connectivity index (χ4v) is 3.87. The Labute approximate surface area is 160 Å². The van der Waals surface area contributed by atoms with Crippen LogP contribution in [-0.2, 0) is 6.54 Å². The smallest absolute Gasteiger partial charge is 0.281 e. The molecule has 0 saturated heterocycles. The largest absolute Gasteiger partial charge is 0.397 e. The summed E-state index contributed by atoms with van der Waals surface area (Å²) in [5.74, 6) is -0.341. The van der Waals surface area contributed by atoms with Gasteiger partial charge in [-0.2, -0.15) is 0 Å². The Morgan fingerprint density at radius 2 is 1.96 bits per heavy atom. The molecule has 0 aliphatic heterocycles. The van der Waals surface area contributed by atoms with Gasteiger partial charge in [-0.05, 0) is 43.3 Å². The number of pyridine rings is 1. The van der Waals surface area contributed by atoms with Gasteiger partial charge in [0.1, 0.15) is 9.71 Å². The van der Waals surface area contributed by atoms with Crippen molar-refractivity contribution in [1.82, 2.24) is 21.2 Å². The third-order valence-electron chi connectivity index (χ3n) is 3.82. The van der Waals surface area contributed by atoms with Crippen molar-refractivity contribution < 1.29 is 4.79 Å². The first kappa shape index (κ1) is 18.1. The van der Waals surface area contributed by atoms with Gasteiger partial charge >= 0.3 is 0 Å². The fourth-order valence-electron chi connectivity index (χ4n) is 2.63. The number of nitrogens with zero attached hydrogens (tertiary/aromatic N) is 1. The second-order valence-corrected chi connectivity index (χ2v) is 7.26. The number of nitrogens with two attached hydrogens (primary N) is 1. The quantitative estimate of drug-likeness (QED) is 0.409. The van der Waals surface area contributed by atoms with Crippen LogP contribution in [0.25, 0.3) is 10.2 Å². The van der Waals surface area contributed by atoms with Crippen LogP contribution in [0, 0.1) is 13.8 Å². The summed E-state index contributed by atoms with van der Waals surface area (Å²) < 4.78 is 0. The zero-order chi connectivity index (χ0) is 18.7. The predicted octanol–water partition coefficient (Wildman–Crippen LogP) is 2.80. The zero-order valence-corrected chi connectivity index (χ0v) is 16.1. The van der Waals surface area contributed by atoms with E-state index in [1.165, 1.54) is 11.3 Å². The van der Waals surface area contributed by atoms with Crippen molar-refractivity contribution in [1.29, 1.82) is 0 Å². The highest BCUT2D eigenvalue weighted by atomic mass is 32.1. The van der Waals surface area contributed by atoms with Crippen molar-refractivity contribution in [3.05, 3.63) is 58.1 Å². The summed E-state index contributed by atoms with van der Waals surface area (Å²) in [6.45, 7) is 4.44. The fraction of sp³-hybridized carbons (Fsp3) is 0.167. The monoisotopic (exact) mass is 385 g/mol. The minimum atomic E-state index is -0.341. The van der Waals surface area contributed by atoms with Gasteiger partial charge in [0, 0.05) is 17.6 Å². The highest BCUT2D eigenvalue weighted by molar-refractivity contribution is 7.80. The maximum absolute atomic E-state index is 12.5. The lowest BCUT2D eigenvalue weighted by molar-refractivity contribution is 0.0948. The van der Waals surface area contributed by atoms with Crippen LogP contribution in [0.4, 0.5) is 5.69 Å². The number of nitrogens with one attached hydrogen (secondary N) is 3. The Morgan fingerprint density at radius 1 is 1.23 bits per heavy atom. The molecule has 0 unspecified atom stereocenters. The number of hydrogen-bond donors (Lipinski definition) is 4. The average molecular weight is 386 g/mol. The maximum Gasteiger partial charge on any atom is 0.281 e. The van der Waals surface area contributed by atoms with Crippen molar-refractivity contribution >= 4 is 50.5 Å². The topological polar surface area (TPSA) is 92.1 Å². The lowest BCUT2D eigenvalue weighted by Crippen LogP contribution is -2.46. The Bertz CT molecular complexity index is 969. The number of benzene rings is 1. The molecule has 0 bridgehead atoms. The second-order valence-electron chi connectivity index (χ2n) is 5.85. The molecule has 2 heterocycles. The minimum Gasteiger partial charge on any atom is -0.397 e. The number of carbonyl (C=O) groups is 1. The van der Waals surface area contributed by atoms with Gasteiger partial charge in [-0.1, -0.05) is 30.3 Å². The lowest BCUT2D eigenvalue weighted by Gasteiger charge is -2.11. The van der Waals surface area contributed by atoms with Gasteiger partial charge in [-0.3, -0.25) is 15.6 Å². The number of thiocarbonyl (C=S) groups is 1. The molecule has 0 radical (unpaired) electrons. The summed E-state index contributed by atoms with van der Waals surface area (Å²) >= 11 is 6.45. The van der Waals surface area contributed by atoms with Crippen molar-refractivity contribution in [2.45, 2.75) is 20.4 Å². The first-order chi connectivity index (χ1) is 12.5. The number of aromatic nitrogens is 1. The number of amides is 1. The number of hydrogen-bond acceptors (Lipinski definition) is 5. The van der Waals surface area contributed by atoms with Crippen LogP contribution in [0.15, 0.2) is 36.4 Å². The van der Waals surface area contributed by atoms with Crippen molar-refractivity contribution in [3.8, 4) is 0 Å². The third-order valence-corrected chi connectivity index (χ3v) is 5.16. The van der Waals surface area contributed by atoms with Crippen LogP contribution in [0.5, 0.6) is 0 Å². The first-order valence-electron chi connectivity index (χ1n) is 8.00. The van der Waals surface area contributed by atoms with Gasteiger partial charge < -0.3 is 11.1 Å². The average Bonchev–Trinajstić information content (AvgIpc) is 2.95. The summed E-state index contributed by atoms with van der Waals surface area (Å²) in [6.07, 6.45) is 0. The summed E-state index contributed by atoms with van der Waals surface area (Å²) in [7, 11) is 0. The molecule has 134 valence electrons. The molecule has 5 N–H and O–H groups in total. The number of anilines is 1. The van der Waals surface area contributed by atoms with Gasteiger partial charge in [0.2, 0.25) is 0 Å². The minimum absolute atomic E-state index is 0.326. The number of nitrogen functional groups attached to an aromatic ring is 1. The summed E-state index contributed by atoms with van der Waals surface area (Å²) in [4.78, 5) is 18.1. The lowest BCUT2D eigenvalue weighted by atomic mass is 10.1. The Kier molecular flexibility index (Phi) is 5.34. The number of hydrazine groups is 1. The molecule has 2 aromatic heterocycles. The van der Waals surface area contributed by atoms with Gasteiger partial charge in [0.25, 0.3) is 5.91 Å². The van der Waals surface area contributed by atoms with Crippen LogP contribution < -0.4 is 21.9 Å². The maximum atomic E-state index is 12.5. The van der Waals surface area contributed by atoms with Gasteiger partial charge in [-0.15, -0.1) is 11.3 Å². The summed E-state index contributed by atoms with van der Waals surface area (Å²) in [5.41, 5.74) is 14.9. The molecule has 0 aliphatic rings. The molecule has 1 aromatic carbocycles. The van der Waals surface area contributed by atoms with E-state index in [4.69, 9.17) is 18.0 Å². The van der Waals surface area contributed by atoms with Crippen molar-refractivity contribution in [2.24, 2.45) is 0 Å². The van der Waals surface area contributed by atoms with E-state index < -0.39 is 0 Å². The molecule has 0 fully saturated rings. The molecular weight excluding hydrogens is 366 g/mol. The molecule has 0 aliphatic carbocycles. The van der Waals surface area contributed by atoms with Crippen LogP contribution >= 0.6 is 23.6 Å². The summed E-state index contributed by atoms with van der Waals surface area (Å²) in [5, 5.41) is 4.18. The van der Waals surface area contributed by atoms with E-state index in [0.29, 0.717) is 22.2 Å². The molecule has 26 heavy (non-hydrogen) atoms. The zero-order valence-electron chi connectivity index (χ0n) is 14.4. The van der Waals surface area contributed by atoms with Crippen LogP contribution in [0.2, 0.25) is 0 Å². The number of carbonyl (C=O) groups excluding carboxylic acids is 1. The number of rotatable bonds is 3. The second kappa shape index (κ2) is 7.67. The van der Waals surface area contributed by atoms with Crippen LogP contribution in [0.3, 0.4) is 0 Å². The van der Waals surface area contributed by atoms with E-state index in [9.17, 15) is 4.79 Å². The molecule has 3 aromatic rings. The third kappa shape index (κ3) is 3.92. The van der Waals surface area contributed by atoms with Crippen molar-refractivity contribution in [2.75, 3.05) is 5.73 Å². The molecule has 1 amide bonds. The van der Waals surface area contributed by atoms with E-state index in [0.717, 1.165) is 27.0 Å². The van der Waals surface area contributed by atoms with Gasteiger partial charge in [0.15, 0.2) is 5.11 Å². The molecule has 0 atom stereocenters. The van der Waals surface area contributed by atoms with E-state index >= 15 is 0 Å². The Balaban J connectivity index is 1.63. The Morgan fingerprint density at radius 3 is 2.69 bits per heavy atom. The number of aryl methyl sites for hydroxylation is 2. The SMILES string of the molecule is Cc1cc(C)c2c(N)c(C(=O)NNC(=S)NCc3ccccc3)sc2n1. The van der Waals surface area contributed by atoms with E-state index in [1.807, 2.05) is 50.2 Å². The highest BCUT2D eigenvalue weighted by Gasteiger charge is 2.19. The van der Waals surface area contributed by atoms with Crippen LogP contribution in [-0.4, -0.2) is 16.0 Å². The molecule has 0 saturated carbocycles. The van der Waals surface area contributed by atoms with Crippen LogP contribution in [0.1, 0.15) is 26.5 Å². The standard InChI is InChI=1S/C18H19N5OS2/c1-10-8-11(2)21-17-13(10)14(19)15(26-17)16(24)22-23-18(25)20-9-12-6-4-3-5-7-12/h3-8H,9,19H2,1-2H3,(H,22,24)(H2,20,23,25). The van der Waals surface area contributed by atoms with E-state index in [-0.39, 0.29) is 5.91 Å². The normalized spacial score (nSPS) is 10.5. The van der Waals surface area contributed by atoms with Gasteiger partial charge in [0.05, 0.1) is 5.69 Å². The van der Waals surface area contributed by atoms with Gasteiger partial charge in [-0.25, -0.2) is 4.98 Å². The van der Waals surface area contributed by atoms with E-state index in [2.05, 4.69) is 21.2 Å². The molecule has 6 nitrogen and oxygen atoms in total. The Hall–Kier alpha value is -2.71. The highest BCUT2D eigenvalue weighted by Crippen LogP contribution is 2.34. The molecule has 8 heteroatoms. The first-order valence-corrected chi connectivity index (χ1v) is 9.22. The van der Waals surface area contributed by atoms with Crippen molar-refractivity contribution in [3.63, 3.8) is 0 Å². The molecule has 3 rings (SSSR count). The molecular formula is C18H19N5OS2.